The highest BCUT2D eigenvalue weighted by atomic mass is 16.4. The normalized spacial score (nSPS) is 15.1. The third-order valence-corrected chi connectivity index (χ3v) is 2.21. The molecule has 1 aromatic rings. The molecule has 3 rings (SSSR count). The number of carbonyl (C=O) groups is 1. The molecular formula is C9H4N4O2. The molecule has 3 heterocycles. The Morgan fingerprint density at radius 1 is 1.33 bits per heavy atom. The lowest BCUT2D eigenvalue weighted by atomic mass is 10.1. The van der Waals surface area contributed by atoms with Crippen LogP contribution >= 0.6 is 0 Å². The van der Waals surface area contributed by atoms with Gasteiger partial charge in [-0.2, -0.15) is 0 Å². The molecule has 0 unspecified atom stereocenters. The lowest BCUT2D eigenvalue weighted by Crippen LogP contribution is -2.18. The minimum absolute atomic E-state index is 0.114. The van der Waals surface area contributed by atoms with Crippen LogP contribution in [0, 0.1) is 0 Å². The number of aromatic nitrogens is 1. The molecule has 0 amide bonds. The minimum atomic E-state index is -1.03. The smallest absolute Gasteiger partial charge is 0.338 e. The zero-order valence-corrected chi connectivity index (χ0v) is 7.38. The van der Waals surface area contributed by atoms with E-state index in [0.29, 0.717) is 22.1 Å². The van der Waals surface area contributed by atoms with Crippen molar-refractivity contribution in [2.45, 2.75) is 0 Å². The minimum Gasteiger partial charge on any atom is -0.478 e. The fraction of sp³-hybridized carbons (Fsp3) is 0. The van der Waals surface area contributed by atoms with Gasteiger partial charge in [-0.15, -0.1) is 0 Å². The topological polar surface area (TPSA) is 87.3 Å². The van der Waals surface area contributed by atoms with Gasteiger partial charge in [-0.1, -0.05) is 0 Å². The van der Waals surface area contributed by atoms with Gasteiger partial charge in [-0.3, -0.25) is 0 Å². The summed E-state index contributed by atoms with van der Waals surface area (Å²) >= 11 is 0. The van der Waals surface area contributed by atoms with Crippen molar-refractivity contribution in [2.75, 3.05) is 0 Å². The van der Waals surface area contributed by atoms with Crippen molar-refractivity contribution < 1.29 is 9.90 Å². The number of hydrogen-bond acceptors (Lipinski definition) is 5. The van der Waals surface area contributed by atoms with E-state index >= 15 is 0 Å². The second-order valence-electron chi connectivity index (χ2n) is 3.04. The zero-order valence-electron chi connectivity index (χ0n) is 7.38. The molecule has 0 spiro atoms. The average molecular weight is 200 g/mol. The van der Waals surface area contributed by atoms with Gasteiger partial charge < -0.3 is 5.11 Å². The first-order chi connectivity index (χ1) is 7.27. The summed E-state index contributed by atoms with van der Waals surface area (Å²) in [4.78, 5) is 26.8. The van der Waals surface area contributed by atoms with Crippen LogP contribution in [-0.4, -0.2) is 22.4 Å². The van der Waals surface area contributed by atoms with Gasteiger partial charge in [0.1, 0.15) is 17.4 Å². The van der Waals surface area contributed by atoms with Crippen LogP contribution in [0.25, 0.3) is 5.57 Å². The average Bonchev–Trinajstić information content (AvgIpc) is 2.82. The molecule has 0 aliphatic carbocycles. The van der Waals surface area contributed by atoms with E-state index in [4.69, 9.17) is 5.11 Å². The maximum Gasteiger partial charge on any atom is 0.338 e. The first-order valence-electron chi connectivity index (χ1n) is 4.18. The molecule has 15 heavy (non-hydrogen) atoms. The Hall–Kier alpha value is -2.37. The van der Waals surface area contributed by atoms with Gasteiger partial charge in [-0.05, 0) is 0 Å². The van der Waals surface area contributed by atoms with E-state index in [9.17, 15) is 4.79 Å². The van der Waals surface area contributed by atoms with Crippen molar-refractivity contribution in [3.05, 3.63) is 28.8 Å². The van der Waals surface area contributed by atoms with Crippen LogP contribution in [0.3, 0.4) is 0 Å². The van der Waals surface area contributed by atoms with Crippen LogP contribution in [0.1, 0.15) is 5.56 Å². The van der Waals surface area contributed by atoms with Crippen LogP contribution in [0.2, 0.25) is 0 Å². The van der Waals surface area contributed by atoms with E-state index in [1.54, 1.807) is 0 Å². The molecule has 0 saturated heterocycles. The third kappa shape index (κ3) is 0.954. The largest absolute Gasteiger partial charge is 0.478 e. The predicted octanol–water partition coefficient (Wildman–Crippen LogP) is -0.567. The number of fused-ring (bicyclic) bond motifs is 3. The van der Waals surface area contributed by atoms with Gasteiger partial charge in [-0.25, -0.2) is 24.8 Å². The number of aliphatic imine (C=N–C) groups is 1. The van der Waals surface area contributed by atoms with Crippen molar-refractivity contribution in [1.29, 1.82) is 0 Å². The Morgan fingerprint density at radius 2 is 2.20 bits per heavy atom. The number of aliphatic carboxylic acids is 1. The molecule has 0 fully saturated rings. The number of rotatable bonds is 1. The van der Waals surface area contributed by atoms with Gasteiger partial charge in [0.25, 0.3) is 0 Å². The fourth-order valence-corrected chi connectivity index (χ4v) is 1.55. The number of hydrogen-bond donors (Lipinski definition) is 1. The molecule has 2 aliphatic heterocycles. The molecule has 0 atom stereocenters. The first kappa shape index (κ1) is 7.98. The summed E-state index contributed by atoms with van der Waals surface area (Å²) in [6.07, 6.45) is 4.20. The Labute approximate surface area is 83.1 Å². The quantitative estimate of drug-likeness (QED) is 0.658. The fourth-order valence-electron chi connectivity index (χ4n) is 1.55. The van der Waals surface area contributed by atoms with Gasteiger partial charge in [0.15, 0.2) is 5.49 Å². The van der Waals surface area contributed by atoms with Crippen molar-refractivity contribution in [1.82, 2.24) is 4.98 Å². The van der Waals surface area contributed by atoms with Crippen LogP contribution < -0.4 is 10.8 Å². The SMILES string of the molecule is O=C(O)C1=CN=c2ncc3c(c21)N=CN=3. The molecule has 0 aromatic carbocycles. The molecule has 6 nitrogen and oxygen atoms in total. The second-order valence-corrected chi connectivity index (χ2v) is 3.04. The summed E-state index contributed by atoms with van der Waals surface area (Å²) in [6.45, 7) is 0. The lowest BCUT2D eigenvalue weighted by Gasteiger charge is -1.99. The van der Waals surface area contributed by atoms with E-state index in [1.165, 1.54) is 18.7 Å². The van der Waals surface area contributed by atoms with Crippen molar-refractivity contribution in [3.63, 3.8) is 0 Å². The van der Waals surface area contributed by atoms with E-state index in [2.05, 4.69) is 20.0 Å². The van der Waals surface area contributed by atoms with Gasteiger partial charge in [0.05, 0.1) is 17.3 Å². The van der Waals surface area contributed by atoms with Crippen LogP contribution in [0.15, 0.2) is 27.4 Å². The summed E-state index contributed by atoms with van der Waals surface area (Å²) in [5, 5.41) is 9.53. The molecule has 0 bridgehead atoms. The summed E-state index contributed by atoms with van der Waals surface area (Å²) in [6, 6.07) is 0. The molecule has 0 radical (unpaired) electrons. The van der Waals surface area contributed by atoms with Gasteiger partial charge >= 0.3 is 5.97 Å². The molecule has 1 N–H and O–H groups in total. The highest BCUT2D eigenvalue weighted by molar-refractivity contribution is 6.17. The summed E-state index contributed by atoms with van der Waals surface area (Å²) in [7, 11) is 0. The lowest BCUT2D eigenvalue weighted by molar-refractivity contribution is -0.130. The summed E-state index contributed by atoms with van der Waals surface area (Å²) < 4.78 is 0. The molecule has 2 aliphatic rings. The first-order valence-corrected chi connectivity index (χ1v) is 4.18. The standard InChI is InChI=1S/C9H4N4O2/c14-9(15)4-1-10-8-6(4)7-5(2-11-8)12-3-13-7/h1-3H,(H,14,15). The Bertz CT molecular complexity index is 657. The maximum absolute atomic E-state index is 10.9. The number of carboxylic acids is 1. The van der Waals surface area contributed by atoms with E-state index < -0.39 is 5.97 Å². The molecule has 6 heteroatoms. The van der Waals surface area contributed by atoms with Crippen LogP contribution in [-0.2, 0) is 4.79 Å². The predicted molar refractivity (Wildman–Crippen MR) is 50.3 cm³/mol. The van der Waals surface area contributed by atoms with Crippen LogP contribution in [0.5, 0.6) is 0 Å². The highest BCUT2D eigenvalue weighted by Crippen LogP contribution is 2.23. The Morgan fingerprint density at radius 3 is 3.00 bits per heavy atom. The third-order valence-electron chi connectivity index (χ3n) is 2.21. The molecule has 0 saturated carbocycles. The summed E-state index contributed by atoms with van der Waals surface area (Å²) in [5.41, 5.74) is 1.50. The van der Waals surface area contributed by atoms with Crippen molar-refractivity contribution >= 4 is 23.6 Å². The zero-order chi connectivity index (χ0) is 10.4. The summed E-state index contributed by atoms with van der Waals surface area (Å²) in [5.74, 6) is -1.03. The number of carboxylic acid groups (broad SMARTS) is 1. The molecule has 1 aromatic heterocycles. The maximum atomic E-state index is 10.9. The Kier molecular flexibility index (Phi) is 1.37. The van der Waals surface area contributed by atoms with Gasteiger partial charge in [0.2, 0.25) is 0 Å². The molecule has 72 valence electrons. The van der Waals surface area contributed by atoms with Crippen LogP contribution in [0.4, 0.5) is 5.69 Å². The van der Waals surface area contributed by atoms with E-state index in [-0.39, 0.29) is 5.57 Å². The van der Waals surface area contributed by atoms with Crippen molar-refractivity contribution in [2.24, 2.45) is 15.0 Å². The number of pyridine rings is 1. The van der Waals surface area contributed by atoms with E-state index in [1.807, 2.05) is 0 Å². The molecular weight excluding hydrogens is 196 g/mol. The van der Waals surface area contributed by atoms with Gasteiger partial charge in [0, 0.05) is 6.20 Å². The highest BCUT2D eigenvalue weighted by Gasteiger charge is 2.23. The van der Waals surface area contributed by atoms with Crippen molar-refractivity contribution in [3.8, 4) is 0 Å². The van der Waals surface area contributed by atoms with E-state index in [0.717, 1.165) is 0 Å². The second kappa shape index (κ2) is 2.57. The monoisotopic (exact) mass is 200 g/mol. The Balaban J connectivity index is 2.40. The number of nitrogens with zero attached hydrogens (tertiary/aromatic N) is 4.